The van der Waals surface area contributed by atoms with Crippen LogP contribution in [-0.4, -0.2) is 4.16 Å². The van der Waals surface area contributed by atoms with Crippen molar-refractivity contribution in [3.63, 3.8) is 0 Å². The van der Waals surface area contributed by atoms with E-state index in [4.69, 9.17) is 0 Å². The first-order chi connectivity index (χ1) is 13.8. The molecule has 0 amide bonds. The molecule has 6 heteroatoms. The van der Waals surface area contributed by atoms with Crippen LogP contribution in [0.5, 0.6) is 0 Å². The molecule has 0 spiro atoms. The van der Waals surface area contributed by atoms with Crippen LogP contribution in [0.15, 0.2) is 72.3 Å². The van der Waals surface area contributed by atoms with E-state index in [1.54, 1.807) is 0 Å². The Hall–Kier alpha value is -0.347. The average molecular weight is 610 g/mol. The van der Waals surface area contributed by atoms with Gasteiger partial charge in [0.15, 0.2) is 0 Å². The zero-order valence-corrected chi connectivity index (χ0v) is 22.9. The van der Waals surface area contributed by atoms with Gasteiger partial charge in [0.25, 0.3) is 0 Å². The van der Waals surface area contributed by atoms with Gasteiger partial charge >= 0.3 is 31.5 Å². The number of benzene rings is 3. The van der Waals surface area contributed by atoms with E-state index >= 15 is 0 Å². The fourth-order valence-electron chi connectivity index (χ4n) is 3.68. The van der Waals surface area contributed by atoms with Gasteiger partial charge in [-0.3, -0.25) is 0 Å². The van der Waals surface area contributed by atoms with E-state index in [9.17, 15) is 0 Å². The fourth-order valence-corrected chi connectivity index (χ4v) is 5.44. The first kappa shape index (κ1) is 25.9. The molecule has 0 saturated heterocycles. The Morgan fingerprint density at radius 2 is 1.63 bits per heavy atom. The molecule has 6 rings (SSSR count). The molecular formula is C24H15BrCl2S2Zr-2. The summed E-state index contributed by atoms with van der Waals surface area (Å²) in [7, 11) is 4.17. The van der Waals surface area contributed by atoms with Crippen LogP contribution in [0, 0.1) is 12.1 Å². The molecule has 0 bridgehead atoms. The molecule has 3 aromatic carbocycles. The molecule has 1 unspecified atom stereocenters. The third-order valence-electron chi connectivity index (χ3n) is 4.85. The molecule has 30 heavy (non-hydrogen) atoms. The maximum atomic E-state index is 4.17. The summed E-state index contributed by atoms with van der Waals surface area (Å²) in [5.41, 5.74) is 6.74. The minimum atomic E-state index is 0. The molecule has 1 atom stereocenters. The predicted octanol–water partition coefficient (Wildman–Crippen LogP) is -0.502. The standard InChI is InChI=1S/C13H9.C11H6BrS.2ClH.S.Zr/c1-3-7-12-10(5-1)9-11-6-2-4-8-13(11)12;12-10-6-8-5-7-3-1-2-4-9(7)11(8)13-10;;;;/h1-7H,9H2;1-5,10H;2*1H;;/q2*-1;;;;+2/p-2. The van der Waals surface area contributed by atoms with Gasteiger partial charge in [0.2, 0.25) is 0 Å². The number of halogens is 3. The van der Waals surface area contributed by atoms with Crippen molar-refractivity contribution >= 4 is 47.5 Å². The Bertz CT molecular complexity index is 1150. The van der Waals surface area contributed by atoms with Crippen molar-refractivity contribution in [2.24, 2.45) is 0 Å². The summed E-state index contributed by atoms with van der Waals surface area (Å²) in [5.74, 6) is 0. The van der Waals surface area contributed by atoms with Gasteiger partial charge in [-0.25, -0.2) is 0 Å². The summed E-state index contributed by atoms with van der Waals surface area (Å²) >= 11 is 6.50. The van der Waals surface area contributed by atoms with E-state index in [1.165, 1.54) is 43.2 Å². The van der Waals surface area contributed by atoms with Gasteiger partial charge in [0.05, 0.1) is 0 Å². The molecule has 2 aliphatic carbocycles. The van der Waals surface area contributed by atoms with E-state index in [0.717, 1.165) is 29.1 Å². The summed E-state index contributed by atoms with van der Waals surface area (Å²) in [4.78, 5) is 1.37. The molecule has 1 heterocycles. The second-order valence-electron chi connectivity index (χ2n) is 6.46. The molecule has 0 fully saturated rings. The Morgan fingerprint density at radius 3 is 2.47 bits per heavy atom. The normalized spacial score (nSPS) is 15.8. The first-order valence-electron chi connectivity index (χ1n) is 8.83. The summed E-state index contributed by atoms with van der Waals surface area (Å²) in [6.07, 6.45) is 6.65. The molecule has 0 radical (unpaired) electrons. The zero-order valence-electron chi connectivity index (χ0n) is 15.7. The van der Waals surface area contributed by atoms with Gasteiger partial charge in [-0.1, -0.05) is 90.9 Å². The number of rotatable bonds is 0. The van der Waals surface area contributed by atoms with Gasteiger partial charge in [0, 0.05) is 4.16 Å². The van der Waals surface area contributed by atoms with Crippen molar-refractivity contribution in [3.05, 3.63) is 106 Å². The predicted molar refractivity (Wildman–Crippen MR) is 122 cm³/mol. The Balaban J connectivity index is 0.000000186. The number of fused-ring (bicyclic) bond motifs is 5. The Kier molecular flexibility index (Phi) is 10.4. The second-order valence-corrected chi connectivity index (χ2v) is 9.09. The van der Waals surface area contributed by atoms with Crippen molar-refractivity contribution in [1.29, 1.82) is 0 Å². The maximum Gasteiger partial charge on any atom is -0.0454 e. The molecule has 150 valence electrons. The molecule has 1 aliphatic heterocycles. The summed E-state index contributed by atoms with van der Waals surface area (Å²) < 4.78 is 0.335. The number of thioether (sulfide) groups is 1. The summed E-state index contributed by atoms with van der Waals surface area (Å²) in [5, 5.41) is 2.68. The molecule has 0 nitrogen and oxygen atoms in total. The minimum absolute atomic E-state index is 0. The van der Waals surface area contributed by atoms with Gasteiger partial charge in [-0.2, -0.15) is 29.5 Å². The topological polar surface area (TPSA) is 0 Å². The van der Waals surface area contributed by atoms with Crippen LogP contribution in [0.1, 0.15) is 11.1 Å². The first-order valence-corrected chi connectivity index (χ1v) is 14.0. The van der Waals surface area contributed by atoms with E-state index < -0.39 is 0 Å². The Labute approximate surface area is 220 Å². The van der Waals surface area contributed by atoms with Crippen LogP contribution in [0.25, 0.3) is 22.1 Å². The van der Waals surface area contributed by atoms with Crippen LogP contribution in [0.4, 0.5) is 0 Å². The summed E-state index contributed by atoms with van der Waals surface area (Å²) in [6.45, 7) is 0. The largest absolute Gasteiger partial charge is 0.147 e. The quantitative estimate of drug-likeness (QED) is 0.195. The van der Waals surface area contributed by atoms with E-state index in [1.807, 2.05) is 17.8 Å². The van der Waals surface area contributed by atoms with Crippen molar-refractivity contribution < 1.29 is 47.5 Å². The molecule has 0 saturated carbocycles. The third kappa shape index (κ3) is 5.34. The SMILES string of the molecule is BrC1[C-]=C2C=c3ccccc3=C2S1.[Cl-].[Cl-].[S]=[Zr+2].[c-]1cccc2c1-c1ccccc1C2. The van der Waals surface area contributed by atoms with Crippen LogP contribution in [0.2, 0.25) is 0 Å². The number of alkyl halides is 1. The molecule has 3 aliphatic rings. The average Bonchev–Trinajstić information content (AvgIpc) is 3.40. The van der Waals surface area contributed by atoms with Crippen molar-refractivity contribution in [2.45, 2.75) is 10.6 Å². The van der Waals surface area contributed by atoms with Crippen molar-refractivity contribution in [1.82, 2.24) is 0 Å². The molecule has 0 aromatic heterocycles. The minimum Gasteiger partial charge on any atom is -0.147 e. The van der Waals surface area contributed by atoms with Gasteiger partial charge < -0.3 is 24.8 Å². The molecular weight excluding hydrogens is 594 g/mol. The van der Waals surface area contributed by atoms with Gasteiger partial charge in [0.1, 0.15) is 0 Å². The number of hydrogen-bond donors (Lipinski definition) is 0. The van der Waals surface area contributed by atoms with Crippen LogP contribution in [0.3, 0.4) is 0 Å². The second kappa shape index (κ2) is 12.0. The van der Waals surface area contributed by atoms with E-state index in [0.29, 0.717) is 4.16 Å². The van der Waals surface area contributed by atoms with Gasteiger partial charge in [-0.15, -0.1) is 35.4 Å². The van der Waals surface area contributed by atoms with Gasteiger partial charge in [-0.05, 0) is 6.42 Å². The zero-order chi connectivity index (χ0) is 19.5. The molecule has 3 aromatic rings. The smallest absolute Gasteiger partial charge is 0.0454 e. The third-order valence-corrected chi connectivity index (χ3v) is 6.64. The number of hydrogen-bond acceptors (Lipinski definition) is 2. The van der Waals surface area contributed by atoms with Crippen molar-refractivity contribution in [3.8, 4) is 11.1 Å². The van der Waals surface area contributed by atoms with Crippen molar-refractivity contribution in [2.75, 3.05) is 0 Å². The Morgan fingerprint density at radius 1 is 0.933 bits per heavy atom. The van der Waals surface area contributed by atoms with Crippen LogP contribution < -0.4 is 35.3 Å². The maximum absolute atomic E-state index is 4.17. The summed E-state index contributed by atoms with van der Waals surface area (Å²) in [6, 6.07) is 26.6. The van der Waals surface area contributed by atoms with E-state index in [-0.39, 0.29) is 24.8 Å². The monoisotopic (exact) mass is 606 g/mol. The molecule has 0 N–H and O–H groups in total. The van der Waals surface area contributed by atoms with E-state index in [2.05, 4.69) is 104 Å². The fraction of sp³-hybridized carbons (Fsp3) is 0.0833. The van der Waals surface area contributed by atoms with Crippen LogP contribution in [-0.2, 0) is 29.1 Å². The van der Waals surface area contributed by atoms with Crippen LogP contribution >= 0.6 is 36.5 Å².